The first kappa shape index (κ1) is 16.2. The van der Waals surface area contributed by atoms with Crippen molar-refractivity contribution in [3.8, 4) is 0 Å². The lowest BCUT2D eigenvalue weighted by Crippen LogP contribution is -2.58. The fraction of sp³-hybridized carbons (Fsp3) is 1.00. The molecule has 0 aromatic carbocycles. The molecular weight excluding hydrogens is 252 g/mol. The first-order valence-corrected chi connectivity index (χ1v) is 8.37. The van der Waals surface area contributed by atoms with Crippen molar-refractivity contribution in [1.82, 2.24) is 4.90 Å². The Kier molecular flexibility index (Phi) is 6.27. The lowest BCUT2D eigenvalue weighted by Gasteiger charge is -2.46. The highest BCUT2D eigenvalue weighted by Crippen LogP contribution is 2.52. The fourth-order valence-corrected chi connectivity index (χ4v) is 4.38. The topological polar surface area (TPSA) is 47.7 Å². The molecule has 3 atom stereocenters. The minimum absolute atomic E-state index is 0.219. The maximum absolute atomic E-state index is 6.24. The summed E-state index contributed by atoms with van der Waals surface area (Å²) in [6.07, 6.45) is 5.45. The normalized spacial score (nSPS) is 32.4. The summed E-state index contributed by atoms with van der Waals surface area (Å²) in [4.78, 5) is 2.59. The van der Waals surface area contributed by atoms with Crippen LogP contribution >= 0.6 is 0 Å². The predicted molar refractivity (Wildman–Crippen MR) is 81.8 cm³/mol. The van der Waals surface area contributed by atoms with Crippen LogP contribution < -0.4 is 5.73 Å². The van der Waals surface area contributed by atoms with Crippen molar-refractivity contribution in [2.75, 3.05) is 46.1 Å². The Morgan fingerprint density at radius 1 is 1.10 bits per heavy atom. The Hall–Kier alpha value is -0.160. The molecule has 2 N–H and O–H groups in total. The molecule has 0 aromatic rings. The van der Waals surface area contributed by atoms with Gasteiger partial charge in [-0.2, -0.15) is 0 Å². The summed E-state index contributed by atoms with van der Waals surface area (Å²) in [5, 5.41) is 0. The lowest BCUT2D eigenvalue weighted by atomic mass is 9.79. The molecule has 0 saturated heterocycles. The maximum atomic E-state index is 6.24. The van der Waals surface area contributed by atoms with Crippen LogP contribution in [-0.4, -0.2) is 56.5 Å². The number of hydrogen-bond donors (Lipinski definition) is 1. The van der Waals surface area contributed by atoms with Crippen molar-refractivity contribution >= 4 is 0 Å². The van der Waals surface area contributed by atoms with E-state index in [0.29, 0.717) is 0 Å². The van der Waals surface area contributed by atoms with E-state index in [1.54, 1.807) is 0 Å². The van der Waals surface area contributed by atoms with Crippen LogP contribution in [-0.2, 0) is 9.47 Å². The van der Waals surface area contributed by atoms with Gasteiger partial charge in [-0.3, -0.25) is 4.90 Å². The Bertz CT molecular complexity index is 278. The second-order valence-corrected chi connectivity index (χ2v) is 6.27. The van der Waals surface area contributed by atoms with Gasteiger partial charge in [0.15, 0.2) is 0 Å². The van der Waals surface area contributed by atoms with Crippen LogP contribution in [0.3, 0.4) is 0 Å². The zero-order valence-corrected chi connectivity index (χ0v) is 13.3. The molecule has 2 bridgehead atoms. The van der Waals surface area contributed by atoms with Gasteiger partial charge in [0.2, 0.25) is 0 Å². The Morgan fingerprint density at radius 2 is 1.75 bits per heavy atom. The molecule has 0 radical (unpaired) electrons. The maximum Gasteiger partial charge on any atom is 0.0593 e. The van der Waals surface area contributed by atoms with Crippen molar-refractivity contribution in [3.63, 3.8) is 0 Å². The molecule has 2 aliphatic rings. The Balaban J connectivity index is 1.98. The van der Waals surface area contributed by atoms with Crippen molar-refractivity contribution in [2.45, 2.75) is 45.1 Å². The van der Waals surface area contributed by atoms with E-state index in [0.717, 1.165) is 57.9 Å². The minimum atomic E-state index is 0.219. The molecule has 3 unspecified atom stereocenters. The minimum Gasteiger partial charge on any atom is -0.380 e. The van der Waals surface area contributed by atoms with Gasteiger partial charge in [0.1, 0.15) is 0 Å². The van der Waals surface area contributed by atoms with E-state index in [1.807, 2.05) is 0 Å². The third kappa shape index (κ3) is 3.35. The largest absolute Gasteiger partial charge is 0.380 e. The number of nitrogens with zero attached hydrogens (tertiary/aromatic N) is 1. The Labute approximate surface area is 124 Å². The summed E-state index contributed by atoms with van der Waals surface area (Å²) < 4.78 is 11.2. The van der Waals surface area contributed by atoms with E-state index in [9.17, 15) is 0 Å². The highest BCUT2D eigenvalue weighted by molar-refractivity contribution is 5.08. The molecule has 0 aromatic heterocycles. The van der Waals surface area contributed by atoms with Crippen LogP contribution in [0.25, 0.3) is 0 Å². The van der Waals surface area contributed by atoms with Crippen molar-refractivity contribution < 1.29 is 9.47 Å². The molecule has 20 heavy (non-hydrogen) atoms. The van der Waals surface area contributed by atoms with Gasteiger partial charge < -0.3 is 15.2 Å². The van der Waals surface area contributed by atoms with E-state index in [1.165, 1.54) is 25.7 Å². The van der Waals surface area contributed by atoms with Crippen LogP contribution in [0, 0.1) is 11.8 Å². The number of hydrogen-bond acceptors (Lipinski definition) is 4. The van der Waals surface area contributed by atoms with E-state index in [-0.39, 0.29) is 5.54 Å². The molecule has 0 heterocycles. The van der Waals surface area contributed by atoms with Gasteiger partial charge in [0.05, 0.1) is 13.2 Å². The zero-order valence-electron chi connectivity index (χ0n) is 13.3. The summed E-state index contributed by atoms with van der Waals surface area (Å²) in [5.74, 6) is 1.70. The van der Waals surface area contributed by atoms with E-state index >= 15 is 0 Å². The van der Waals surface area contributed by atoms with Crippen LogP contribution in [0.5, 0.6) is 0 Å². The van der Waals surface area contributed by atoms with Crippen molar-refractivity contribution in [2.24, 2.45) is 17.6 Å². The summed E-state index contributed by atoms with van der Waals surface area (Å²) >= 11 is 0. The van der Waals surface area contributed by atoms with Gasteiger partial charge >= 0.3 is 0 Å². The molecule has 2 saturated carbocycles. The third-order valence-corrected chi connectivity index (χ3v) is 5.35. The molecule has 4 nitrogen and oxygen atoms in total. The summed E-state index contributed by atoms with van der Waals surface area (Å²) in [5.41, 5.74) is 6.46. The van der Waals surface area contributed by atoms with Crippen molar-refractivity contribution in [1.29, 1.82) is 0 Å². The monoisotopic (exact) mass is 284 g/mol. The SMILES string of the molecule is CCOCCN(CCOCC)C1(CN)CC2CCC1C2. The van der Waals surface area contributed by atoms with Gasteiger partial charge in [0.25, 0.3) is 0 Å². The molecule has 0 aliphatic heterocycles. The number of rotatable bonds is 10. The smallest absolute Gasteiger partial charge is 0.0593 e. The number of fused-ring (bicyclic) bond motifs is 2. The Morgan fingerprint density at radius 3 is 2.15 bits per heavy atom. The van der Waals surface area contributed by atoms with Crippen LogP contribution in [0.1, 0.15) is 39.5 Å². The van der Waals surface area contributed by atoms with E-state index in [2.05, 4.69) is 18.7 Å². The summed E-state index contributed by atoms with van der Waals surface area (Å²) in [6.45, 7) is 10.1. The first-order chi connectivity index (χ1) is 9.76. The molecule has 4 heteroatoms. The number of ether oxygens (including phenoxy) is 2. The van der Waals surface area contributed by atoms with Crippen molar-refractivity contribution in [3.05, 3.63) is 0 Å². The third-order valence-electron chi connectivity index (χ3n) is 5.35. The molecular formula is C16H32N2O2. The van der Waals surface area contributed by atoms with Crippen LogP contribution in [0.15, 0.2) is 0 Å². The molecule has 0 spiro atoms. The first-order valence-electron chi connectivity index (χ1n) is 8.37. The lowest BCUT2D eigenvalue weighted by molar-refractivity contribution is -0.00498. The zero-order chi connectivity index (χ0) is 14.4. The fourth-order valence-electron chi connectivity index (χ4n) is 4.38. The molecule has 0 amide bonds. The molecule has 118 valence electrons. The van der Waals surface area contributed by atoms with Gasteiger partial charge in [-0.1, -0.05) is 6.42 Å². The highest BCUT2D eigenvalue weighted by atomic mass is 16.5. The average Bonchev–Trinajstić information content (AvgIpc) is 3.07. The summed E-state index contributed by atoms with van der Waals surface area (Å²) in [7, 11) is 0. The quantitative estimate of drug-likeness (QED) is 0.622. The predicted octanol–water partition coefficient (Wildman–Crippen LogP) is 1.88. The standard InChI is InChI=1S/C16H32N2O2/c1-3-19-9-7-18(8-10-20-4-2)16(13-17)12-14-5-6-15(16)11-14/h14-15H,3-13,17H2,1-2H3. The van der Waals surface area contributed by atoms with E-state index in [4.69, 9.17) is 15.2 Å². The summed E-state index contributed by atoms with van der Waals surface area (Å²) in [6, 6.07) is 0. The van der Waals surface area contributed by atoms with Gasteiger partial charge in [0, 0.05) is 38.4 Å². The van der Waals surface area contributed by atoms with E-state index < -0.39 is 0 Å². The molecule has 2 aliphatic carbocycles. The van der Waals surface area contributed by atoms with Gasteiger partial charge in [-0.15, -0.1) is 0 Å². The second-order valence-electron chi connectivity index (χ2n) is 6.27. The van der Waals surface area contributed by atoms with Crippen LogP contribution in [0.4, 0.5) is 0 Å². The second kappa shape index (κ2) is 7.74. The van der Waals surface area contributed by atoms with Gasteiger partial charge in [-0.25, -0.2) is 0 Å². The highest BCUT2D eigenvalue weighted by Gasteiger charge is 2.52. The average molecular weight is 284 g/mol. The van der Waals surface area contributed by atoms with Crippen LogP contribution in [0.2, 0.25) is 0 Å². The van der Waals surface area contributed by atoms with Gasteiger partial charge in [-0.05, 0) is 44.9 Å². The molecule has 2 fully saturated rings. The number of nitrogens with two attached hydrogens (primary N) is 1. The molecule has 2 rings (SSSR count).